The Bertz CT molecular complexity index is 547. The van der Waals surface area contributed by atoms with Gasteiger partial charge in [0.1, 0.15) is 11.6 Å². The SMILES string of the molecule is CCOC(=O)[C@@H]1C[C@@H](CC=CC(=O)O)C(=O)N1C(=O)OC(C)(C)C. The van der Waals surface area contributed by atoms with Gasteiger partial charge in [0.2, 0.25) is 5.91 Å². The number of imide groups is 1. The molecule has 2 amide bonds. The monoisotopic (exact) mass is 341 g/mol. The predicted octanol–water partition coefficient (Wildman–Crippen LogP) is 1.73. The van der Waals surface area contributed by atoms with Crippen LogP contribution in [0.4, 0.5) is 4.79 Å². The first-order chi connectivity index (χ1) is 11.1. The number of carbonyl (C=O) groups is 4. The Labute approximate surface area is 140 Å². The lowest BCUT2D eigenvalue weighted by molar-refractivity contribution is -0.151. The molecule has 0 unspecified atom stereocenters. The molecule has 0 bridgehead atoms. The summed E-state index contributed by atoms with van der Waals surface area (Å²) in [5.74, 6) is -3.06. The van der Waals surface area contributed by atoms with Crippen LogP contribution in [0.25, 0.3) is 0 Å². The normalized spacial score (nSPS) is 21.2. The number of rotatable bonds is 5. The Balaban J connectivity index is 2.97. The molecule has 24 heavy (non-hydrogen) atoms. The fourth-order valence-electron chi connectivity index (χ4n) is 2.32. The standard InChI is InChI=1S/C16H23NO7/c1-5-23-14(21)11-9-10(7-6-8-12(18)19)13(20)17(11)15(22)24-16(2,3)4/h6,8,10-11H,5,7,9H2,1-4H3,(H,18,19)/t10-,11+/m1/s1. The summed E-state index contributed by atoms with van der Waals surface area (Å²) in [4.78, 5) is 48.1. The second-order valence-corrected chi connectivity index (χ2v) is 6.37. The molecule has 1 heterocycles. The zero-order valence-electron chi connectivity index (χ0n) is 14.3. The van der Waals surface area contributed by atoms with Crippen molar-refractivity contribution in [1.29, 1.82) is 0 Å². The molecule has 1 aliphatic heterocycles. The smallest absolute Gasteiger partial charge is 0.417 e. The number of carboxylic acid groups (broad SMARTS) is 1. The van der Waals surface area contributed by atoms with Crippen molar-refractivity contribution in [3.8, 4) is 0 Å². The van der Waals surface area contributed by atoms with Gasteiger partial charge in [0.05, 0.1) is 6.61 Å². The summed E-state index contributed by atoms with van der Waals surface area (Å²) in [5.41, 5.74) is -0.822. The molecule has 8 heteroatoms. The topological polar surface area (TPSA) is 110 Å². The predicted molar refractivity (Wildman–Crippen MR) is 83.0 cm³/mol. The van der Waals surface area contributed by atoms with E-state index in [1.165, 1.54) is 6.08 Å². The van der Waals surface area contributed by atoms with Crippen LogP contribution >= 0.6 is 0 Å². The van der Waals surface area contributed by atoms with E-state index in [0.29, 0.717) is 0 Å². The second-order valence-electron chi connectivity index (χ2n) is 6.37. The first-order valence-corrected chi connectivity index (χ1v) is 7.69. The molecule has 0 radical (unpaired) electrons. The van der Waals surface area contributed by atoms with Gasteiger partial charge in [-0.25, -0.2) is 19.3 Å². The number of carbonyl (C=O) groups excluding carboxylic acids is 3. The van der Waals surface area contributed by atoms with Crippen molar-refractivity contribution >= 4 is 23.9 Å². The molecule has 0 aliphatic carbocycles. The Morgan fingerprint density at radius 1 is 1.33 bits per heavy atom. The molecule has 1 N–H and O–H groups in total. The fourth-order valence-corrected chi connectivity index (χ4v) is 2.32. The van der Waals surface area contributed by atoms with Crippen LogP contribution in [0.2, 0.25) is 0 Å². The van der Waals surface area contributed by atoms with E-state index in [1.54, 1.807) is 27.7 Å². The Kier molecular flexibility index (Phi) is 6.51. The maximum Gasteiger partial charge on any atom is 0.417 e. The van der Waals surface area contributed by atoms with Gasteiger partial charge >= 0.3 is 18.0 Å². The van der Waals surface area contributed by atoms with Gasteiger partial charge in [-0.05, 0) is 40.5 Å². The third-order valence-corrected chi connectivity index (χ3v) is 3.24. The van der Waals surface area contributed by atoms with Gasteiger partial charge in [-0.3, -0.25) is 4.79 Å². The zero-order chi connectivity index (χ0) is 18.5. The summed E-state index contributed by atoms with van der Waals surface area (Å²) < 4.78 is 10.1. The van der Waals surface area contributed by atoms with Crippen molar-refractivity contribution in [2.45, 2.75) is 52.2 Å². The van der Waals surface area contributed by atoms with Crippen LogP contribution < -0.4 is 0 Å². The van der Waals surface area contributed by atoms with Crippen LogP contribution in [0.5, 0.6) is 0 Å². The number of carboxylic acids is 1. The third kappa shape index (κ3) is 5.36. The highest BCUT2D eigenvalue weighted by molar-refractivity contribution is 6.00. The summed E-state index contributed by atoms with van der Waals surface area (Å²) in [7, 11) is 0. The minimum Gasteiger partial charge on any atom is -0.478 e. The molecule has 0 saturated carbocycles. The van der Waals surface area contributed by atoms with Crippen LogP contribution in [0.3, 0.4) is 0 Å². The van der Waals surface area contributed by atoms with Gasteiger partial charge in [0, 0.05) is 12.0 Å². The minimum atomic E-state index is -1.13. The number of amides is 2. The minimum absolute atomic E-state index is 0.0703. The van der Waals surface area contributed by atoms with E-state index < -0.39 is 41.5 Å². The van der Waals surface area contributed by atoms with Crippen LogP contribution in [0.15, 0.2) is 12.2 Å². The number of hydrogen-bond donors (Lipinski definition) is 1. The quantitative estimate of drug-likeness (QED) is 0.599. The number of nitrogens with zero attached hydrogens (tertiary/aromatic N) is 1. The molecular formula is C16H23NO7. The molecule has 1 rings (SSSR count). The van der Waals surface area contributed by atoms with Crippen molar-refractivity contribution < 1.29 is 33.8 Å². The summed E-state index contributed by atoms with van der Waals surface area (Å²) in [6, 6.07) is -1.06. The van der Waals surface area contributed by atoms with E-state index in [1.807, 2.05) is 0 Å². The van der Waals surface area contributed by atoms with Gasteiger partial charge in [-0.15, -0.1) is 0 Å². The molecule has 1 fully saturated rings. The van der Waals surface area contributed by atoms with Crippen LogP contribution in [0.1, 0.15) is 40.5 Å². The van der Waals surface area contributed by atoms with Crippen LogP contribution in [0, 0.1) is 5.92 Å². The first kappa shape index (κ1) is 19.7. The Morgan fingerprint density at radius 3 is 2.46 bits per heavy atom. The lowest BCUT2D eigenvalue weighted by atomic mass is 10.0. The number of likely N-dealkylation sites (tertiary alicyclic amines) is 1. The number of ether oxygens (including phenoxy) is 2. The fraction of sp³-hybridized carbons (Fsp3) is 0.625. The highest BCUT2D eigenvalue weighted by atomic mass is 16.6. The maximum absolute atomic E-state index is 12.5. The van der Waals surface area contributed by atoms with Gasteiger partial charge < -0.3 is 14.6 Å². The molecule has 134 valence electrons. The lowest BCUT2D eigenvalue weighted by Gasteiger charge is -2.26. The van der Waals surface area contributed by atoms with E-state index in [2.05, 4.69) is 0 Å². The largest absolute Gasteiger partial charge is 0.478 e. The van der Waals surface area contributed by atoms with E-state index in [0.717, 1.165) is 11.0 Å². The highest BCUT2D eigenvalue weighted by Crippen LogP contribution is 2.30. The second kappa shape index (κ2) is 7.94. The summed E-state index contributed by atoms with van der Waals surface area (Å²) in [5, 5.41) is 8.60. The molecule has 2 atom stereocenters. The van der Waals surface area contributed by atoms with E-state index in [4.69, 9.17) is 14.6 Å². The molecule has 0 spiro atoms. The molecule has 0 aromatic rings. The van der Waals surface area contributed by atoms with E-state index in [9.17, 15) is 19.2 Å². The number of aliphatic carboxylic acids is 1. The van der Waals surface area contributed by atoms with Crippen molar-refractivity contribution in [3.05, 3.63) is 12.2 Å². The van der Waals surface area contributed by atoms with Gasteiger partial charge in [0.15, 0.2) is 0 Å². The average molecular weight is 341 g/mol. The molecule has 8 nitrogen and oxygen atoms in total. The van der Waals surface area contributed by atoms with Gasteiger partial charge in [-0.2, -0.15) is 0 Å². The molecule has 0 aromatic heterocycles. The Morgan fingerprint density at radius 2 is 1.96 bits per heavy atom. The summed E-state index contributed by atoms with van der Waals surface area (Å²) in [6.07, 6.45) is 1.52. The van der Waals surface area contributed by atoms with Gasteiger partial charge in [-0.1, -0.05) is 6.08 Å². The first-order valence-electron chi connectivity index (χ1n) is 7.69. The van der Waals surface area contributed by atoms with Crippen LogP contribution in [-0.4, -0.2) is 52.2 Å². The van der Waals surface area contributed by atoms with Crippen molar-refractivity contribution in [2.75, 3.05) is 6.61 Å². The summed E-state index contributed by atoms with van der Waals surface area (Å²) >= 11 is 0. The zero-order valence-corrected chi connectivity index (χ0v) is 14.3. The molecule has 1 aliphatic rings. The Hall–Kier alpha value is -2.38. The third-order valence-electron chi connectivity index (χ3n) is 3.24. The average Bonchev–Trinajstić information content (AvgIpc) is 2.74. The van der Waals surface area contributed by atoms with Gasteiger partial charge in [0.25, 0.3) is 0 Å². The van der Waals surface area contributed by atoms with E-state index >= 15 is 0 Å². The van der Waals surface area contributed by atoms with Crippen molar-refractivity contribution in [1.82, 2.24) is 4.90 Å². The van der Waals surface area contributed by atoms with E-state index in [-0.39, 0.29) is 19.4 Å². The molecule has 0 aromatic carbocycles. The maximum atomic E-state index is 12.5. The highest BCUT2D eigenvalue weighted by Gasteiger charge is 2.48. The number of hydrogen-bond acceptors (Lipinski definition) is 6. The molecule has 1 saturated heterocycles. The lowest BCUT2D eigenvalue weighted by Crippen LogP contribution is -2.46. The molecular weight excluding hydrogens is 318 g/mol. The number of allylic oxidation sites excluding steroid dienone is 1. The van der Waals surface area contributed by atoms with Crippen molar-refractivity contribution in [2.24, 2.45) is 5.92 Å². The summed E-state index contributed by atoms with van der Waals surface area (Å²) in [6.45, 7) is 6.70. The number of esters is 1. The van der Waals surface area contributed by atoms with Crippen LogP contribution in [-0.2, 0) is 23.9 Å². The van der Waals surface area contributed by atoms with Crippen molar-refractivity contribution in [3.63, 3.8) is 0 Å².